The molecule has 20 heavy (non-hydrogen) atoms. The minimum atomic E-state index is -0.301. The number of anilines is 1. The minimum Gasteiger partial charge on any atom is -0.465 e. The molecule has 0 aromatic heterocycles. The van der Waals surface area contributed by atoms with Crippen LogP contribution in [0.15, 0.2) is 16.6 Å². The number of methoxy groups -OCH3 is 1. The molecule has 1 fully saturated rings. The van der Waals surface area contributed by atoms with Crippen molar-refractivity contribution in [2.24, 2.45) is 0 Å². The highest BCUT2D eigenvalue weighted by Crippen LogP contribution is 2.31. The van der Waals surface area contributed by atoms with Crippen molar-refractivity contribution in [3.63, 3.8) is 0 Å². The minimum absolute atomic E-state index is 0.301. The summed E-state index contributed by atoms with van der Waals surface area (Å²) >= 11 is 3.48. The van der Waals surface area contributed by atoms with E-state index < -0.39 is 0 Å². The highest BCUT2D eigenvalue weighted by atomic mass is 79.9. The predicted molar refractivity (Wildman–Crippen MR) is 82.5 cm³/mol. The van der Waals surface area contributed by atoms with Gasteiger partial charge in [-0.05, 0) is 37.5 Å². The third-order valence-corrected chi connectivity index (χ3v) is 4.33. The molecule has 0 aliphatic carbocycles. The molecule has 0 radical (unpaired) electrons. The van der Waals surface area contributed by atoms with Gasteiger partial charge < -0.3 is 14.4 Å². The molecule has 2 rings (SSSR count). The summed E-state index contributed by atoms with van der Waals surface area (Å²) in [6.45, 7) is 3.56. The highest BCUT2D eigenvalue weighted by molar-refractivity contribution is 9.10. The molecule has 0 atom stereocenters. The second-order valence-electron chi connectivity index (χ2n) is 5.04. The molecular weight excluding hydrogens is 322 g/mol. The average molecular weight is 342 g/mol. The third-order valence-electron chi connectivity index (χ3n) is 3.87. The number of carbonyl (C=O) groups is 1. The van der Waals surface area contributed by atoms with Gasteiger partial charge in [0.1, 0.15) is 0 Å². The SMILES string of the molecule is COC(=O)c1cc(Br)cc(N(C)C2CCOCC2)c1C. The molecule has 0 spiro atoms. The molecule has 5 heteroatoms. The van der Waals surface area contributed by atoms with Crippen molar-refractivity contribution in [3.05, 3.63) is 27.7 Å². The van der Waals surface area contributed by atoms with E-state index >= 15 is 0 Å². The van der Waals surface area contributed by atoms with Gasteiger partial charge in [-0.1, -0.05) is 15.9 Å². The molecular formula is C15H20BrNO3. The molecule has 1 saturated heterocycles. The van der Waals surface area contributed by atoms with E-state index in [4.69, 9.17) is 9.47 Å². The van der Waals surface area contributed by atoms with E-state index in [1.807, 2.05) is 13.0 Å². The second kappa shape index (κ2) is 6.59. The van der Waals surface area contributed by atoms with E-state index in [-0.39, 0.29) is 5.97 Å². The zero-order chi connectivity index (χ0) is 14.7. The Morgan fingerprint density at radius 3 is 2.65 bits per heavy atom. The maximum atomic E-state index is 11.9. The largest absolute Gasteiger partial charge is 0.465 e. The topological polar surface area (TPSA) is 38.8 Å². The summed E-state index contributed by atoms with van der Waals surface area (Å²) in [5, 5.41) is 0. The van der Waals surface area contributed by atoms with Gasteiger partial charge in [0, 0.05) is 36.5 Å². The summed E-state index contributed by atoms with van der Waals surface area (Å²) in [7, 11) is 3.48. The zero-order valence-corrected chi connectivity index (χ0v) is 13.7. The summed E-state index contributed by atoms with van der Waals surface area (Å²) in [5.74, 6) is -0.301. The molecule has 1 aromatic carbocycles. The fourth-order valence-corrected chi connectivity index (χ4v) is 3.07. The standard InChI is InChI=1S/C15H20BrNO3/c1-10-13(15(18)19-3)8-11(16)9-14(10)17(2)12-4-6-20-7-5-12/h8-9,12H,4-7H2,1-3H3. The monoisotopic (exact) mass is 341 g/mol. The van der Waals surface area contributed by atoms with Crippen LogP contribution in [0.4, 0.5) is 5.69 Å². The highest BCUT2D eigenvalue weighted by Gasteiger charge is 2.22. The number of nitrogens with zero attached hydrogens (tertiary/aromatic N) is 1. The fraction of sp³-hybridized carbons (Fsp3) is 0.533. The van der Waals surface area contributed by atoms with E-state index in [9.17, 15) is 4.79 Å². The number of rotatable bonds is 3. The van der Waals surface area contributed by atoms with Crippen molar-refractivity contribution < 1.29 is 14.3 Å². The Balaban J connectivity index is 2.35. The van der Waals surface area contributed by atoms with Crippen molar-refractivity contribution >= 4 is 27.6 Å². The van der Waals surface area contributed by atoms with Crippen LogP contribution in [0.3, 0.4) is 0 Å². The Kier molecular flexibility index (Phi) is 5.05. The van der Waals surface area contributed by atoms with Crippen LogP contribution in [-0.4, -0.2) is 39.4 Å². The Labute approximate surface area is 128 Å². The van der Waals surface area contributed by atoms with E-state index in [2.05, 4.69) is 33.9 Å². The van der Waals surface area contributed by atoms with Gasteiger partial charge in [0.05, 0.1) is 12.7 Å². The first-order chi connectivity index (χ1) is 9.54. The average Bonchev–Trinajstić information content (AvgIpc) is 2.48. The van der Waals surface area contributed by atoms with Gasteiger partial charge in [0.2, 0.25) is 0 Å². The lowest BCUT2D eigenvalue weighted by Crippen LogP contribution is -2.37. The van der Waals surface area contributed by atoms with Crippen LogP contribution in [-0.2, 0) is 9.47 Å². The summed E-state index contributed by atoms with van der Waals surface area (Å²) in [6, 6.07) is 4.31. The number of ether oxygens (including phenoxy) is 2. The van der Waals surface area contributed by atoms with Crippen LogP contribution in [0.2, 0.25) is 0 Å². The molecule has 110 valence electrons. The van der Waals surface area contributed by atoms with Crippen LogP contribution in [0.1, 0.15) is 28.8 Å². The third kappa shape index (κ3) is 3.15. The van der Waals surface area contributed by atoms with Gasteiger partial charge >= 0.3 is 5.97 Å². The van der Waals surface area contributed by atoms with Crippen molar-refractivity contribution in [1.29, 1.82) is 0 Å². The number of hydrogen-bond acceptors (Lipinski definition) is 4. The summed E-state index contributed by atoms with van der Waals surface area (Å²) in [5.41, 5.74) is 2.62. The van der Waals surface area contributed by atoms with Gasteiger partial charge in [-0.2, -0.15) is 0 Å². The quantitative estimate of drug-likeness (QED) is 0.791. The van der Waals surface area contributed by atoms with Crippen LogP contribution in [0.25, 0.3) is 0 Å². The molecule has 1 aliphatic heterocycles. The predicted octanol–water partition coefficient (Wildman–Crippen LogP) is 3.16. The Hall–Kier alpha value is -1.07. The van der Waals surface area contributed by atoms with E-state index in [1.165, 1.54) is 7.11 Å². The summed E-state index contributed by atoms with van der Waals surface area (Å²) in [6.07, 6.45) is 2.02. The van der Waals surface area contributed by atoms with Crippen LogP contribution >= 0.6 is 15.9 Å². The molecule has 0 bridgehead atoms. The molecule has 0 N–H and O–H groups in total. The van der Waals surface area contributed by atoms with Gasteiger partial charge in [0.25, 0.3) is 0 Å². The second-order valence-corrected chi connectivity index (χ2v) is 5.96. The lowest BCUT2D eigenvalue weighted by Gasteiger charge is -2.34. The first-order valence-electron chi connectivity index (χ1n) is 6.73. The molecule has 0 amide bonds. The maximum absolute atomic E-state index is 11.9. The van der Waals surface area contributed by atoms with Gasteiger partial charge in [0.15, 0.2) is 0 Å². The Morgan fingerprint density at radius 1 is 1.40 bits per heavy atom. The van der Waals surface area contributed by atoms with E-state index in [1.54, 1.807) is 0 Å². The van der Waals surface area contributed by atoms with E-state index in [0.29, 0.717) is 11.6 Å². The maximum Gasteiger partial charge on any atom is 0.338 e. The first kappa shape index (κ1) is 15.3. The number of halogens is 1. The number of carbonyl (C=O) groups excluding carboxylic acids is 1. The van der Waals surface area contributed by atoms with Crippen LogP contribution in [0.5, 0.6) is 0 Å². The number of hydrogen-bond donors (Lipinski definition) is 0. The molecule has 1 aromatic rings. The fourth-order valence-electron chi connectivity index (χ4n) is 2.62. The summed E-state index contributed by atoms with van der Waals surface area (Å²) < 4.78 is 11.1. The molecule has 4 nitrogen and oxygen atoms in total. The lowest BCUT2D eigenvalue weighted by molar-refractivity contribution is 0.0599. The van der Waals surface area contributed by atoms with Gasteiger partial charge in [-0.25, -0.2) is 4.79 Å². The molecule has 0 unspecified atom stereocenters. The zero-order valence-electron chi connectivity index (χ0n) is 12.1. The Morgan fingerprint density at radius 2 is 2.05 bits per heavy atom. The van der Waals surface area contributed by atoms with Crippen molar-refractivity contribution in [2.45, 2.75) is 25.8 Å². The van der Waals surface area contributed by atoms with Crippen molar-refractivity contribution in [2.75, 3.05) is 32.3 Å². The van der Waals surface area contributed by atoms with Crippen molar-refractivity contribution in [1.82, 2.24) is 0 Å². The first-order valence-corrected chi connectivity index (χ1v) is 7.53. The molecule has 0 saturated carbocycles. The van der Waals surface area contributed by atoms with Crippen LogP contribution < -0.4 is 4.90 Å². The smallest absolute Gasteiger partial charge is 0.338 e. The normalized spacial score (nSPS) is 16.0. The molecule has 1 heterocycles. The summed E-state index contributed by atoms with van der Waals surface area (Å²) in [4.78, 5) is 14.1. The molecule has 1 aliphatic rings. The van der Waals surface area contributed by atoms with E-state index in [0.717, 1.165) is 41.8 Å². The van der Waals surface area contributed by atoms with Crippen LogP contribution in [0, 0.1) is 6.92 Å². The Bertz CT molecular complexity index is 498. The number of benzene rings is 1. The van der Waals surface area contributed by atoms with Gasteiger partial charge in [-0.15, -0.1) is 0 Å². The lowest BCUT2D eigenvalue weighted by atomic mass is 10.0. The number of esters is 1. The van der Waals surface area contributed by atoms with Crippen molar-refractivity contribution in [3.8, 4) is 0 Å². The van der Waals surface area contributed by atoms with Gasteiger partial charge in [-0.3, -0.25) is 0 Å².